The van der Waals surface area contributed by atoms with E-state index in [1.807, 2.05) is 12.3 Å². The lowest BCUT2D eigenvalue weighted by Gasteiger charge is -2.15. The van der Waals surface area contributed by atoms with Crippen molar-refractivity contribution in [3.8, 4) is 11.3 Å². The molecular formula is C17H16N4O2S2. The van der Waals surface area contributed by atoms with Gasteiger partial charge in [-0.2, -0.15) is 0 Å². The van der Waals surface area contributed by atoms with Gasteiger partial charge < -0.3 is 4.52 Å². The van der Waals surface area contributed by atoms with E-state index in [1.54, 1.807) is 6.07 Å². The van der Waals surface area contributed by atoms with Gasteiger partial charge in [0.2, 0.25) is 5.13 Å². The largest absolute Gasteiger partial charge is 0.355 e. The van der Waals surface area contributed by atoms with Crippen LogP contribution in [0.3, 0.4) is 0 Å². The minimum Gasteiger partial charge on any atom is -0.355 e. The maximum absolute atomic E-state index is 12.3. The van der Waals surface area contributed by atoms with E-state index in [1.165, 1.54) is 47.1 Å². The number of nitrogens with zero attached hydrogens (tertiary/aromatic N) is 3. The van der Waals surface area contributed by atoms with E-state index >= 15 is 0 Å². The Kier molecular flexibility index (Phi) is 4.54. The number of rotatable bonds is 4. The number of nitrogens with one attached hydrogen (secondary N) is 1. The third kappa shape index (κ3) is 3.45. The molecule has 0 atom stereocenters. The SMILES string of the molecule is CSc1nnc(NC(=O)c2cc(-c3ccc4c(c3)CCCC4)on2)s1. The van der Waals surface area contributed by atoms with Gasteiger partial charge in [0, 0.05) is 11.6 Å². The molecule has 0 bridgehead atoms. The first-order chi connectivity index (χ1) is 12.2. The summed E-state index contributed by atoms with van der Waals surface area (Å²) < 4.78 is 6.18. The summed E-state index contributed by atoms with van der Waals surface area (Å²) in [5.74, 6) is 0.248. The van der Waals surface area contributed by atoms with Crippen molar-refractivity contribution < 1.29 is 9.32 Å². The zero-order valence-electron chi connectivity index (χ0n) is 13.6. The number of amides is 1. The second-order valence-corrected chi connectivity index (χ2v) is 7.83. The zero-order valence-corrected chi connectivity index (χ0v) is 15.2. The molecule has 128 valence electrons. The fourth-order valence-corrected chi connectivity index (χ4v) is 4.07. The van der Waals surface area contributed by atoms with E-state index in [0.29, 0.717) is 10.9 Å². The summed E-state index contributed by atoms with van der Waals surface area (Å²) >= 11 is 2.81. The highest BCUT2D eigenvalue weighted by atomic mass is 32.2. The number of hydrogen-bond acceptors (Lipinski definition) is 7. The highest BCUT2D eigenvalue weighted by Crippen LogP contribution is 2.28. The fraction of sp³-hybridized carbons (Fsp3) is 0.294. The van der Waals surface area contributed by atoms with Gasteiger partial charge in [-0.3, -0.25) is 10.1 Å². The Hall–Kier alpha value is -2.19. The van der Waals surface area contributed by atoms with E-state index in [0.717, 1.165) is 22.7 Å². The molecule has 4 rings (SSSR count). The first-order valence-electron chi connectivity index (χ1n) is 8.00. The van der Waals surface area contributed by atoms with Crippen molar-refractivity contribution in [1.82, 2.24) is 15.4 Å². The number of aryl methyl sites for hydroxylation is 2. The Labute approximate surface area is 153 Å². The van der Waals surface area contributed by atoms with Crippen molar-refractivity contribution in [3.63, 3.8) is 0 Å². The lowest BCUT2D eigenvalue weighted by Crippen LogP contribution is -2.11. The topological polar surface area (TPSA) is 80.9 Å². The molecule has 2 aromatic heterocycles. The molecule has 0 spiro atoms. The molecular weight excluding hydrogens is 356 g/mol. The first kappa shape index (κ1) is 16.3. The molecule has 8 heteroatoms. The maximum atomic E-state index is 12.3. The van der Waals surface area contributed by atoms with Crippen molar-refractivity contribution in [2.75, 3.05) is 11.6 Å². The minimum absolute atomic E-state index is 0.230. The van der Waals surface area contributed by atoms with Crippen LogP contribution < -0.4 is 5.32 Å². The summed E-state index contributed by atoms with van der Waals surface area (Å²) in [5, 5.41) is 14.9. The summed E-state index contributed by atoms with van der Waals surface area (Å²) in [6.45, 7) is 0. The van der Waals surface area contributed by atoms with Gasteiger partial charge in [-0.25, -0.2) is 0 Å². The number of aromatic nitrogens is 3. The van der Waals surface area contributed by atoms with Crippen molar-refractivity contribution in [3.05, 3.63) is 41.1 Å². The molecule has 25 heavy (non-hydrogen) atoms. The van der Waals surface area contributed by atoms with Crippen LogP contribution in [-0.4, -0.2) is 27.5 Å². The standard InChI is InChI=1S/C17H16N4O2S2/c1-24-17-20-19-16(25-17)18-15(22)13-9-14(23-21-13)12-7-6-10-4-2-3-5-11(10)8-12/h6-9H,2-5H2,1H3,(H,18,19,22). The van der Waals surface area contributed by atoms with Crippen LogP contribution in [0.5, 0.6) is 0 Å². The number of carbonyl (C=O) groups is 1. The quantitative estimate of drug-likeness (QED) is 0.550. The molecule has 0 radical (unpaired) electrons. The van der Waals surface area contributed by atoms with Gasteiger partial charge in [0.25, 0.3) is 5.91 Å². The van der Waals surface area contributed by atoms with E-state index in [2.05, 4.69) is 32.8 Å². The summed E-state index contributed by atoms with van der Waals surface area (Å²) in [6, 6.07) is 7.99. The first-order valence-corrected chi connectivity index (χ1v) is 10.0. The predicted octanol–water partition coefficient (Wildman–Crippen LogP) is 4.05. The molecule has 1 N–H and O–H groups in total. The molecule has 2 heterocycles. The van der Waals surface area contributed by atoms with Gasteiger partial charge in [-0.1, -0.05) is 40.4 Å². The van der Waals surface area contributed by atoms with Crippen molar-refractivity contribution >= 4 is 34.1 Å². The van der Waals surface area contributed by atoms with Gasteiger partial charge >= 0.3 is 0 Å². The minimum atomic E-state index is -0.350. The molecule has 0 saturated carbocycles. The van der Waals surface area contributed by atoms with Gasteiger partial charge in [0.1, 0.15) is 0 Å². The molecule has 6 nitrogen and oxygen atoms in total. The van der Waals surface area contributed by atoms with Crippen molar-refractivity contribution in [1.29, 1.82) is 0 Å². The molecule has 1 aromatic carbocycles. The summed E-state index contributed by atoms with van der Waals surface area (Å²) in [6.07, 6.45) is 6.62. The Balaban J connectivity index is 1.52. The van der Waals surface area contributed by atoms with Crippen LogP contribution in [0.1, 0.15) is 34.5 Å². The van der Waals surface area contributed by atoms with Crippen LogP contribution >= 0.6 is 23.1 Å². The highest BCUT2D eigenvalue weighted by molar-refractivity contribution is 8.00. The second-order valence-electron chi connectivity index (χ2n) is 5.80. The van der Waals surface area contributed by atoms with E-state index in [-0.39, 0.29) is 11.6 Å². The molecule has 0 unspecified atom stereocenters. The summed E-state index contributed by atoms with van der Waals surface area (Å²) in [5.41, 5.74) is 3.96. The Morgan fingerprint density at radius 2 is 2.04 bits per heavy atom. The van der Waals surface area contributed by atoms with Gasteiger partial charge in [-0.15, -0.1) is 10.2 Å². The van der Waals surface area contributed by atoms with Crippen molar-refractivity contribution in [2.24, 2.45) is 0 Å². The number of fused-ring (bicyclic) bond motifs is 1. The molecule has 1 aliphatic carbocycles. The van der Waals surface area contributed by atoms with Crippen LogP contribution in [0, 0.1) is 0 Å². The number of thioether (sulfide) groups is 1. The van der Waals surface area contributed by atoms with Crippen LogP contribution in [0.2, 0.25) is 0 Å². The lowest BCUT2D eigenvalue weighted by atomic mass is 9.90. The Morgan fingerprint density at radius 1 is 1.20 bits per heavy atom. The molecule has 1 aliphatic rings. The van der Waals surface area contributed by atoms with E-state index in [9.17, 15) is 4.79 Å². The Morgan fingerprint density at radius 3 is 2.84 bits per heavy atom. The molecule has 0 saturated heterocycles. The van der Waals surface area contributed by atoms with Crippen LogP contribution in [0.25, 0.3) is 11.3 Å². The number of benzene rings is 1. The molecule has 0 fully saturated rings. The Bertz CT molecular complexity index is 919. The summed E-state index contributed by atoms with van der Waals surface area (Å²) in [7, 11) is 0. The van der Waals surface area contributed by atoms with Gasteiger partial charge in [-0.05, 0) is 49.1 Å². The van der Waals surface area contributed by atoms with Gasteiger partial charge in [0.05, 0.1) is 0 Å². The predicted molar refractivity (Wildman–Crippen MR) is 98.2 cm³/mol. The van der Waals surface area contributed by atoms with E-state index < -0.39 is 0 Å². The van der Waals surface area contributed by atoms with E-state index in [4.69, 9.17) is 4.52 Å². The second kappa shape index (κ2) is 6.97. The lowest BCUT2D eigenvalue weighted by molar-refractivity contribution is 0.101. The average Bonchev–Trinajstić information content (AvgIpc) is 3.30. The number of carbonyl (C=O) groups excluding carboxylic acids is 1. The zero-order chi connectivity index (χ0) is 17.2. The third-order valence-electron chi connectivity index (χ3n) is 4.18. The fourth-order valence-electron chi connectivity index (χ4n) is 2.91. The normalized spacial score (nSPS) is 13.5. The van der Waals surface area contributed by atoms with Crippen LogP contribution in [0.4, 0.5) is 5.13 Å². The molecule has 0 aliphatic heterocycles. The van der Waals surface area contributed by atoms with Crippen LogP contribution in [-0.2, 0) is 12.8 Å². The van der Waals surface area contributed by atoms with Crippen molar-refractivity contribution in [2.45, 2.75) is 30.0 Å². The number of hydrogen-bond donors (Lipinski definition) is 1. The van der Waals surface area contributed by atoms with Crippen LogP contribution in [0.15, 0.2) is 33.1 Å². The smallest absolute Gasteiger partial charge is 0.279 e. The number of anilines is 1. The average molecular weight is 372 g/mol. The highest BCUT2D eigenvalue weighted by Gasteiger charge is 2.17. The maximum Gasteiger partial charge on any atom is 0.279 e. The molecule has 1 amide bonds. The third-order valence-corrected chi connectivity index (χ3v) is 5.99. The monoisotopic (exact) mass is 372 g/mol. The van der Waals surface area contributed by atoms with Gasteiger partial charge in [0.15, 0.2) is 15.8 Å². The molecule has 3 aromatic rings. The summed E-state index contributed by atoms with van der Waals surface area (Å²) in [4.78, 5) is 12.3.